The zero-order valence-electron chi connectivity index (χ0n) is 9.15. The Balaban J connectivity index is 3.32. The Hall–Kier alpha value is -1.62. The number of alkyl halides is 3. The van der Waals surface area contributed by atoms with Crippen LogP contribution in [0.3, 0.4) is 0 Å². The number of aliphatic hydroxyl groups is 2. The molecule has 4 nitrogen and oxygen atoms in total. The second kappa shape index (κ2) is 5.35. The van der Waals surface area contributed by atoms with Gasteiger partial charge in [-0.15, -0.1) is 0 Å². The number of hydrogen-bond acceptors (Lipinski definition) is 4. The van der Waals surface area contributed by atoms with Crippen molar-refractivity contribution in [1.82, 2.24) is 0 Å². The molecule has 1 aromatic rings. The van der Waals surface area contributed by atoms with Gasteiger partial charge in [-0.05, 0) is 17.7 Å². The molecule has 0 aliphatic rings. The predicted molar refractivity (Wildman–Crippen MR) is 56.2 cm³/mol. The molecule has 2 unspecified atom stereocenters. The summed E-state index contributed by atoms with van der Waals surface area (Å²) in [4.78, 5) is 0. The number of nitrogens with zero attached hydrogens (tertiary/aromatic N) is 1. The number of rotatable bonds is 3. The molecule has 2 atom stereocenters. The van der Waals surface area contributed by atoms with Gasteiger partial charge in [0.15, 0.2) is 0 Å². The summed E-state index contributed by atoms with van der Waals surface area (Å²) in [5.74, 6) is 0. The summed E-state index contributed by atoms with van der Waals surface area (Å²) >= 11 is 0. The third-order valence-electron chi connectivity index (χ3n) is 2.41. The van der Waals surface area contributed by atoms with Crippen molar-refractivity contribution >= 4 is 0 Å². The van der Waals surface area contributed by atoms with E-state index in [-0.39, 0.29) is 12.1 Å². The minimum absolute atomic E-state index is 0.180. The number of hydrogen-bond donors (Lipinski definition) is 3. The average Bonchev–Trinajstić information content (AvgIpc) is 2.35. The molecule has 0 radical (unpaired) electrons. The van der Waals surface area contributed by atoms with Gasteiger partial charge in [-0.25, -0.2) is 0 Å². The highest BCUT2D eigenvalue weighted by atomic mass is 19.4. The second-order valence-electron chi connectivity index (χ2n) is 3.66. The van der Waals surface area contributed by atoms with Crippen LogP contribution >= 0.6 is 0 Å². The van der Waals surface area contributed by atoms with Crippen molar-refractivity contribution in [2.45, 2.75) is 18.4 Å². The molecule has 1 aromatic carbocycles. The maximum absolute atomic E-state index is 12.8. The molecule has 1 rings (SSSR count). The first-order valence-corrected chi connectivity index (χ1v) is 4.98. The Morgan fingerprint density at radius 2 is 1.94 bits per heavy atom. The van der Waals surface area contributed by atoms with Crippen LogP contribution in [0.5, 0.6) is 0 Å². The third-order valence-corrected chi connectivity index (χ3v) is 2.41. The lowest BCUT2D eigenvalue weighted by Gasteiger charge is -2.21. The zero-order chi connectivity index (χ0) is 13.9. The Bertz CT molecular complexity index is 468. The fourth-order valence-corrected chi connectivity index (χ4v) is 1.47. The van der Waals surface area contributed by atoms with Gasteiger partial charge in [0.25, 0.3) is 0 Å². The Labute approximate surface area is 101 Å². The standard InChI is InChI=1S/C11H11F3N2O2/c12-11(13,14)8-3-6(4-15)1-2-7(8)10(18)9(17)5-16/h1-3,9-10,17-18H,5,16H2. The first-order chi connectivity index (χ1) is 8.31. The van der Waals surface area contributed by atoms with Gasteiger partial charge in [-0.3, -0.25) is 0 Å². The molecule has 0 saturated carbocycles. The van der Waals surface area contributed by atoms with Gasteiger partial charge >= 0.3 is 6.18 Å². The largest absolute Gasteiger partial charge is 0.416 e. The predicted octanol–water partition coefficient (Wildman–Crippen LogP) is 0.930. The number of benzene rings is 1. The van der Waals surface area contributed by atoms with Gasteiger partial charge in [0.05, 0.1) is 23.3 Å². The van der Waals surface area contributed by atoms with E-state index >= 15 is 0 Å². The summed E-state index contributed by atoms with van der Waals surface area (Å²) in [5.41, 5.74) is 3.25. The van der Waals surface area contributed by atoms with Crippen LogP contribution in [0, 0.1) is 11.3 Å². The Kier molecular flexibility index (Phi) is 4.29. The molecule has 0 amide bonds. The first kappa shape index (κ1) is 14.4. The van der Waals surface area contributed by atoms with Crippen molar-refractivity contribution in [2.24, 2.45) is 5.73 Å². The van der Waals surface area contributed by atoms with E-state index in [0.29, 0.717) is 6.07 Å². The molecule has 0 aliphatic carbocycles. The van der Waals surface area contributed by atoms with E-state index in [0.717, 1.165) is 12.1 Å². The zero-order valence-corrected chi connectivity index (χ0v) is 9.15. The molecule has 18 heavy (non-hydrogen) atoms. The fourth-order valence-electron chi connectivity index (χ4n) is 1.47. The molecular weight excluding hydrogens is 249 g/mol. The topological polar surface area (TPSA) is 90.3 Å². The average molecular weight is 260 g/mol. The Morgan fingerprint density at radius 1 is 1.33 bits per heavy atom. The maximum atomic E-state index is 12.8. The minimum Gasteiger partial charge on any atom is -0.389 e. The van der Waals surface area contributed by atoms with Gasteiger partial charge in [0, 0.05) is 6.54 Å². The first-order valence-electron chi connectivity index (χ1n) is 4.98. The lowest BCUT2D eigenvalue weighted by molar-refractivity contribution is -0.139. The molecule has 98 valence electrons. The van der Waals surface area contributed by atoms with Crippen LogP contribution in [-0.2, 0) is 6.18 Å². The quantitative estimate of drug-likeness (QED) is 0.754. The number of nitrogens with two attached hydrogens (primary N) is 1. The van der Waals surface area contributed by atoms with Crippen molar-refractivity contribution in [1.29, 1.82) is 5.26 Å². The van der Waals surface area contributed by atoms with E-state index in [1.54, 1.807) is 6.07 Å². The van der Waals surface area contributed by atoms with Crippen LogP contribution in [-0.4, -0.2) is 22.9 Å². The van der Waals surface area contributed by atoms with Crippen molar-refractivity contribution < 1.29 is 23.4 Å². The summed E-state index contributed by atoms with van der Waals surface area (Å²) in [6, 6.07) is 4.31. The van der Waals surface area contributed by atoms with E-state index in [2.05, 4.69) is 0 Å². The summed E-state index contributed by atoms with van der Waals surface area (Å²) in [5, 5.41) is 27.4. The van der Waals surface area contributed by atoms with E-state index in [9.17, 15) is 23.4 Å². The Morgan fingerprint density at radius 3 is 2.39 bits per heavy atom. The molecule has 4 N–H and O–H groups in total. The normalized spacial score (nSPS) is 14.9. The molecule has 0 bridgehead atoms. The van der Waals surface area contributed by atoms with Gasteiger partial charge < -0.3 is 15.9 Å². The van der Waals surface area contributed by atoms with Gasteiger partial charge in [-0.1, -0.05) is 6.07 Å². The van der Waals surface area contributed by atoms with Gasteiger partial charge in [0.1, 0.15) is 6.10 Å². The highest BCUT2D eigenvalue weighted by Gasteiger charge is 2.36. The van der Waals surface area contributed by atoms with E-state index in [1.807, 2.05) is 0 Å². The highest BCUT2D eigenvalue weighted by Crippen LogP contribution is 2.36. The minimum atomic E-state index is -4.72. The van der Waals surface area contributed by atoms with Crippen molar-refractivity contribution in [2.75, 3.05) is 6.54 Å². The molecule has 0 spiro atoms. The van der Waals surface area contributed by atoms with Crippen LogP contribution in [0.2, 0.25) is 0 Å². The highest BCUT2D eigenvalue weighted by molar-refractivity contribution is 5.41. The molecule has 0 fully saturated rings. The monoisotopic (exact) mass is 260 g/mol. The number of aliphatic hydroxyl groups excluding tert-OH is 2. The maximum Gasteiger partial charge on any atom is 0.416 e. The summed E-state index contributed by atoms with van der Waals surface area (Å²) in [6.45, 7) is -0.377. The third kappa shape index (κ3) is 2.98. The van der Waals surface area contributed by atoms with Crippen LogP contribution in [0.15, 0.2) is 18.2 Å². The van der Waals surface area contributed by atoms with Crippen LogP contribution < -0.4 is 5.73 Å². The van der Waals surface area contributed by atoms with Crippen molar-refractivity contribution in [3.63, 3.8) is 0 Å². The molecule has 0 heterocycles. The molecular formula is C11H11F3N2O2. The molecule has 7 heteroatoms. The van der Waals surface area contributed by atoms with Crippen LogP contribution in [0.4, 0.5) is 13.2 Å². The van der Waals surface area contributed by atoms with Gasteiger partial charge in [-0.2, -0.15) is 18.4 Å². The molecule has 0 saturated heterocycles. The summed E-state index contributed by atoms with van der Waals surface area (Å²) < 4.78 is 38.3. The van der Waals surface area contributed by atoms with E-state index in [4.69, 9.17) is 11.0 Å². The SMILES string of the molecule is N#Cc1ccc(C(O)C(O)CN)c(C(F)(F)F)c1. The van der Waals surface area contributed by atoms with E-state index < -0.39 is 29.5 Å². The van der Waals surface area contributed by atoms with Crippen molar-refractivity contribution in [3.05, 3.63) is 34.9 Å². The lowest BCUT2D eigenvalue weighted by atomic mass is 9.96. The number of nitriles is 1. The summed E-state index contributed by atoms with van der Waals surface area (Å²) in [6.07, 6.45) is -7.98. The van der Waals surface area contributed by atoms with Crippen LogP contribution in [0.1, 0.15) is 22.8 Å². The second-order valence-corrected chi connectivity index (χ2v) is 3.66. The summed E-state index contributed by atoms with van der Waals surface area (Å²) in [7, 11) is 0. The number of halogens is 3. The van der Waals surface area contributed by atoms with Gasteiger partial charge in [0.2, 0.25) is 0 Å². The fraction of sp³-hybridized carbons (Fsp3) is 0.364. The van der Waals surface area contributed by atoms with Crippen LogP contribution in [0.25, 0.3) is 0 Å². The molecule has 0 aromatic heterocycles. The van der Waals surface area contributed by atoms with Crippen molar-refractivity contribution in [3.8, 4) is 6.07 Å². The molecule has 0 aliphatic heterocycles. The smallest absolute Gasteiger partial charge is 0.389 e. The van der Waals surface area contributed by atoms with E-state index in [1.165, 1.54) is 0 Å². The lowest BCUT2D eigenvalue weighted by Crippen LogP contribution is -2.28.